The van der Waals surface area contributed by atoms with Crippen molar-refractivity contribution in [3.8, 4) is 5.75 Å². The van der Waals surface area contributed by atoms with E-state index in [1.54, 1.807) is 0 Å². The first-order valence-electron chi connectivity index (χ1n) is 6.26. The molecule has 0 unspecified atom stereocenters. The molecule has 0 aliphatic rings. The average Bonchev–Trinajstić information content (AvgIpc) is 2.85. The highest BCUT2D eigenvalue weighted by molar-refractivity contribution is 6.32. The van der Waals surface area contributed by atoms with Crippen LogP contribution in [-0.2, 0) is 6.54 Å². The van der Waals surface area contributed by atoms with Crippen molar-refractivity contribution in [2.75, 3.05) is 6.61 Å². The maximum Gasteiger partial charge on any atom is 0.137 e. The van der Waals surface area contributed by atoms with E-state index < -0.39 is 0 Å². The van der Waals surface area contributed by atoms with Crippen molar-refractivity contribution in [1.29, 1.82) is 0 Å². The largest absolute Gasteiger partial charge is 0.490 e. The minimum absolute atomic E-state index is 0.600. The smallest absolute Gasteiger partial charge is 0.137 e. The van der Waals surface area contributed by atoms with Crippen LogP contribution in [-0.4, -0.2) is 11.2 Å². The monoisotopic (exact) mass is 271 g/mol. The van der Waals surface area contributed by atoms with Crippen molar-refractivity contribution in [2.24, 2.45) is 0 Å². The molecule has 0 aliphatic carbocycles. The summed E-state index contributed by atoms with van der Waals surface area (Å²) in [7, 11) is 0. The molecule has 0 amide bonds. The van der Waals surface area contributed by atoms with Crippen molar-refractivity contribution in [3.05, 3.63) is 65.8 Å². The Labute approximate surface area is 117 Å². The highest BCUT2D eigenvalue weighted by atomic mass is 35.5. The van der Waals surface area contributed by atoms with Crippen molar-refractivity contribution in [1.82, 2.24) is 4.57 Å². The molecule has 1 heterocycles. The quantitative estimate of drug-likeness (QED) is 0.687. The predicted octanol–water partition coefficient (Wildman–Crippen LogP) is 4.37. The van der Waals surface area contributed by atoms with Gasteiger partial charge in [-0.05, 0) is 29.7 Å². The summed E-state index contributed by atoms with van der Waals surface area (Å²) >= 11 is 6.05. The number of hydrogen-bond donors (Lipinski definition) is 0. The molecule has 3 aromatic rings. The second-order valence-corrected chi connectivity index (χ2v) is 4.75. The summed E-state index contributed by atoms with van der Waals surface area (Å²) < 4.78 is 7.89. The van der Waals surface area contributed by atoms with Gasteiger partial charge in [-0.25, -0.2) is 0 Å². The molecule has 0 fully saturated rings. The molecule has 0 N–H and O–H groups in total. The van der Waals surface area contributed by atoms with E-state index >= 15 is 0 Å². The summed E-state index contributed by atoms with van der Waals surface area (Å²) in [5, 5.41) is 1.90. The minimum atomic E-state index is 0.600. The van der Waals surface area contributed by atoms with Gasteiger partial charge in [0.25, 0.3) is 0 Å². The molecular weight excluding hydrogens is 258 g/mol. The van der Waals surface area contributed by atoms with Crippen molar-refractivity contribution in [3.63, 3.8) is 0 Å². The number of ether oxygens (including phenoxy) is 1. The van der Waals surface area contributed by atoms with Crippen LogP contribution in [0.3, 0.4) is 0 Å². The van der Waals surface area contributed by atoms with E-state index in [1.807, 2.05) is 36.4 Å². The topological polar surface area (TPSA) is 14.2 Å². The molecule has 0 atom stereocenters. The highest BCUT2D eigenvalue weighted by Gasteiger charge is 2.02. The fourth-order valence-electron chi connectivity index (χ4n) is 2.15. The van der Waals surface area contributed by atoms with Crippen LogP contribution in [0, 0.1) is 0 Å². The van der Waals surface area contributed by atoms with Gasteiger partial charge >= 0.3 is 0 Å². The van der Waals surface area contributed by atoms with Gasteiger partial charge in [0, 0.05) is 11.7 Å². The zero-order chi connectivity index (χ0) is 13.1. The Morgan fingerprint density at radius 1 is 0.947 bits per heavy atom. The molecule has 0 spiro atoms. The second kappa shape index (κ2) is 5.37. The lowest BCUT2D eigenvalue weighted by atomic mass is 10.2. The van der Waals surface area contributed by atoms with Gasteiger partial charge in [-0.2, -0.15) is 0 Å². The lowest BCUT2D eigenvalue weighted by Gasteiger charge is -2.09. The molecule has 0 radical (unpaired) electrons. The van der Waals surface area contributed by atoms with Gasteiger partial charge in [-0.1, -0.05) is 41.9 Å². The molecule has 0 saturated heterocycles. The molecule has 2 aromatic carbocycles. The van der Waals surface area contributed by atoms with Crippen LogP contribution < -0.4 is 4.74 Å². The second-order valence-electron chi connectivity index (χ2n) is 4.35. The molecule has 0 saturated carbocycles. The fourth-order valence-corrected chi connectivity index (χ4v) is 2.34. The fraction of sp³-hybridized carbons (Fsp3) is 0.125. The molecule has 3 rings (SSSR count). The van der Waals surface area contributed by atoms with Gasteiger partial charge in [-0.3, -0.25) is 0 Å². The summed E-state index contributed by atoms with van der Waals surface area (Å²) in [5.74, 6) is 0.737. The summed E-state index contributed by atoms with van der Waals surface area (Å²) in [6.07, 6.45) is 2.08. The Morgan fingerprint density at radius 3 is 2.63 bits per heavy atom. The number of fused-ring (bicyclic) bond motifs is 1. The van der Waals surface area contributed by atoms with Crippen LogP contribution in [0.25, 0.3) is 10.9 Å². The van der Waals surface area contributed by atoms with Crippen LogP contribution >= 0.6 is 11.6 Å². The van der Waals surface area contributed by atoms with Gasteiger partial charge in [0.1, 0.15) is 12.4 Å². The van der Waals surface area contributed by atoms with Crippen LogP contribution in [0.2, 0.25) is 5.02 Å². The molecule has 19 heavy (non-hydrogen) atoms. The normalized spacial score (nSPS) is 10.8. The average molecular weight is 272 g/mol. The van der Waals surface area contributed by atoms with Crippen LogP contribution in [0.15, 0.2) is 60.8 Å². The SMILES string of the molecule is Clc1ccccc1OCCn1ccc2ccccc21. The third-order valence-corrected chi connectivity index (χ3v) is 3.42. The van der Waals surface area contributed by atoms with Gasteiger partial charge in [-0.15, -0.1) is 0 Å². The van der Waals surface area contributed by atoms with Crippen LogP contribution in [0.5, 0.6) is 5.75 Å². The summed E-state index contributed by atoms with van der Waals surface area (Å²) in [6.45, 7) is 1.40. The number of benzene rings is 2. The minimum Gasteiger partial charge on any atom is -0.490 e. The zero-order valence-corrected chi connectivity index (χ0v) is 11.2. The summed E-state index contributed by atoms with van der Waals surface area (Å²) in [6, 6.07) is 18.0. The van der Waals surface area contributed by atoms with Gasteiger partial charge < -0.3 is 9.30 Å². The molecular formula is C16H14ClNO. The van der Waals surface area contributed by atoms with Gasteiger partial charge in [0.2, 0.25) is 0 Å². The lowest BCUT2D eigenvalue weighted by Crippen LogP contribution is -2.07. The summed E-state index contributed by atoms with van der Waals surface area (Å²) in [5.41, 5.74) is 1.23. The first kappa shape index (κ1) is 12.1. The van der Waals surface area contributed by atoms with Crippen molar-refractivity contribution >= 4 is 22.5 Å². The first-order valence-corrected chi connectivity index (χ1v) is 6.63. The van der Waals surface area contributed by atoms with Crippen molar-refractivity contribution < 1.29 is 4.74 Å². The van der Waals surface area contributed by atoms with Gasteiger partial charge in [0.05, 0.1) is 11.6 Å². The Bertz CT molecular complexity index is 690. The van der Waals surface area contributed by atoms with E-state index in [0.717, 1.165) is 12.3 Å². The molecule has 0 aliphatic heterocycles. The Balaban J connectivity index is 1.68. The highest BCUT2D eigenvalue weighted by Crippen LogP contribution is 2.23. The standard InChI is InChI=1S/C16H14ClNO/c17-14-6-2-4-8-16(14)19-12-11-18-10-9-13-5-1-3-7-15(13)18/h1-10H,11-12H2. The Morgan fingerprint density at radius 2 is 1.74 bits per heavy atom. The number of halogens is 1. The number of hydrogen-bond acceptors (Lipinski definition) is 1. The maximum atomic E-state index is 6.05. The molecule has 2 nitrogen and oxygen atoms in total. The van der Waals surface area contributed by atoms with Crippen LogP contribution in [0.1, 0.15) is 0 Å². The maximum absolute atomic E-state index is 6.05. The molecule has 1 aromatic heterocycles. The number of aromatic nitrogens is 1. The Hall–Kier alpha value is -1.93. The van der Waals surface area contributed by atoms with E-state index in [9.17, 15) is 0 Å². The number of para-hydroxylation sites is 2. The predicted molar refractivity (Wildman–Crippen MR) is 78.9 cm³/mol. The zero-order valence-electron chi connectivity index (χ0n) is 10.4. The lowest BCUT2D eigenvalue weighted by molar-refractivity contribution is 0.300. The van der Waals surface area contributed by atoms with E-state index in [2.05, 4.69) is 29.0 Å². The van der Waals surface area contributed by atoms with Crippen LogP contribution in [0.4, 0.5) is 0 Å². The van der Waals surface area contributed by atoms with Gasteiger partial charge in [0.15, 0.2) is 0 Å². The third kappa shape index (κ3) is 2.59. The molecule has 0 bridgehead atoms. The van der Waals surface area contributed by atoms with Crippen molar-refractivity contribution in [2.45, 2.75) is 6.54 Å². The van der Waals surface area contributed by atoms with E-state index in [1.165, 1.54) is 10.9 Å². The Kier molecular flexibility index (Phi) is 3.43. The van der Waals surface area contributed by atoms with E-state index in [4.69, 9.17) is 16.3 Å². The molecule has 3 heteroatoms. The van der Waals surface area contributed by atoms with E-state index in [0.29, 0.717) is 11.6 Å². The molecule has 96 valence electrons. The summed E-state index contributed by atoms with van der Waals surface area (Å²) in [4.78, 5) is 0. The number of rotatable bonds is 4. The van der Waals surface area contributed by atoms with E-state index in [-0.39, 0.29) is 0 Å². The third-order valence-electron chi connectivity index (χ3n) is 3.11. The first-order chi connectivity index (χ1) is 9.34. The number of nitrogens with zero attached hydrogens (tertiary/aromatic N) is 1.